The van der Waals surface area contributed by atoms with E-state index in [2.05, 4.69) is 33.4 Å². The summed E-state index contributed by atoms with van der Waals surface area (Å²) in [6, 6.07) is 8.59. The number of aromatic nitrogens is 2. The molecule has 1 aromatic heterocycles. The lowest BCUT2D eigenvalue weighted by molar-refractivity contribution is -0.931. The molecule has 2 fully saturated rings. The van der Waals surface area contributed by atoms with Crippen molar-refractivity contribution in [1.82, 2.24) is 9.13 Å². The minimum absolute atomic E-state index is 0.846. The van der Waals surface area contributed by atoms with Crippen molar-refractivity contribution in [2.75, 3.05) is 52.6 Å². The van der Waals surface area contributed by atoms with E-state index in [-0.39, 0.29) is 0 Å². The van der Waals surface area contributed by atoms with Gasteiger partial charge in [0.15, 0.2) is 18.1 Å². The van der Waals surface area contributed by atoms with Gasteiger partial charge in [-0.25, -0.2) is 0 Å². The molecule has 3 heterocycles. The molecule has 2 N–H and O–H groups in total. The molecule has 7 heteroatoms. The summed E-state index contributed by atoms with van der Waals surface area (Å²) in [6.07, 6.45) is 0. The predicted octanol–water partition coefficient (Wildman–Crippen LogP) is -1.08. The molecule has 1 aromatic carbocycles. The summed E-state index contributed by atoms with van der Waals surface area (Å²) in [5.41, 5.74) is 2.49. The Morgan fingerprint density at radius 1 is 0.792 bits per heavy atom. The molecule has 130 valence electrons. The zero-order valence-corrected chi connectivity index (χ0v) is 14.8. The normalized spacial score (nSPS) is 20.7. The van der Waals surface area contributed by atoms with E-state index in [0.29, 0.717) is 0 Å². The number of benzene rings is 1. The first kappa shape index (κ1) is 16.2. The molecule has 2 aliphatic rings. The Bertz CT molecular complexity index is 685. The zero-order chi connectivity index (χ0) is 16.4. The molecular weight excluding hydrogens is 324 g/mol. The lowest BCUT2D eigenvalue weighted by Gasteiger charge is -2.25. The molecule has 0 bridgehead atoms. The lowest BCUT2D eigenvalue weighted by atomic mass is 10.3. The van der Waals surface area contributed by atoms with Gasteiger partial charge in [0, 0.05) is 0 Å². The van der Waals surface area contributed by atoms with Crippen LogP contribution >= 0.6 is 12.2 Å². The van der Waals surface area contributed by atoms with Gasteiger partial charge in [-0.1, -0.05) is 12.1 Å². The number of ether oxygens (including phenoxy) is 2. The molecule has 0 saturated carbocycles. The lowest BCUT2D eigenvalue weighted by Crippen LogP contribution is -3.13. The van der Waals surface area contributed by atoms with Crippen molar-refractivity contribution >= 4 is 23.3 Å². The molecule has 0 amide bonds. The van der Waals surface area contributed by atoms with Crippen LogP contribution in [0.1, 0.15) is 0 Å². The second-order valence-electron chi connectivity index (χ2n) is 6.67. The van der Waals surface area contributed by atoms with Crippen molar-refractivity contribution in [2.45, 2.75) is 13.3 Å². The highest BCUT2D eigenvalue weighted by Crippen LogP contribution is 2.16. The van der Waals surface area contributed by atoms with Crippen molar-refractivity contribution < 1.29 is 19.3 Å². The molecule has 0 spiro atoms. The van der Waals surface area contributed by atoms with Gasteiger partial charge in [0.2, 0.25) is 0 Å². The van der Waals surface area contributed by atoms with E-state index in [1.165, 1.54) is 11.0 Å². The number of para-hydroxylation sites is 2. The summed E-state index contributed by atoms with van der Waals surface area (Å²) < 4.78 is 16.5. The molecule has 0 unspecified atom stereocenters. The minimum atomic E-state index is 0.846. The quantitative estimate of drug-likeness (QED) is 0.689. The first-order chi connectivity index (χ1) is 11.8. The number of nitrogens with one attached hydrogen (secondary N) is 2. The highest BCUT2D eigenvalue weighted by molar-refractivity contribution is 7.71. The molecule has 6 nitrogen and oxygen atoms in total. The number of hydrogen-bond donors (Lipinski definition) is 2. The van der Waals surface area contributed by atoms with Crippen molar-refractivity contribution in [3.8, 4) is 0 Å². The highest BCUT2D eigenvalue weighted by Gasteiger charge is 2.21. The standard InChI is InChI=1S/C17H24N4O2S/c24-17-20(13-18-5-9-22-10-6-18)15-3-1-2-4-16(15)21(17)14-19-7-11-23-12-8-19/h1-4H,5-14H2/p+2. The van der Waals surface area contributed by atoms with Gasteiger partial charge < -0.3 is 19.3 Å². The van der Waals surface area contributed by atoms with Crippen molar-refractivity contribution in [2.24, 2.45) is 0 Å². The van der Waals surface area contributed by atoms with E-state index in [1.54, 1.807) is 9.80 Å². The number of quaternary nitrogens is 2. The molecule has 2 aliphatic heterocycles. The van der Waals surface area contributed by atoms with Crippen LogP contribution in [0, 0.1) is 4.77 Å². The van der Waals surface area contributed by atoms with E-state index >= 15 is 0 Å². The maximum absolute atomic E-state index is 5.87. The number of morpholine rings is 2. The molecule has 0 atom stereocenters. The van der Waals surface area contributed by atoms with Gasteiger partial charge in [0.05, 0.1) is 37.5 Å². The second-order valence-corrected chi connectivity index (χ2v) is 7.03. The first-order valence-corrected chi connectivity index (χ1v) is 9.24. The Hall–Kier alpha value is -1.25. The topological polar surface area (TPSA) is 37.2 Å². The van der Waals surface area contributed by atoms with Crippen molar-refractivity contribution in [3.05, 3.63) is 29.0 Å². The van der Waals surface area contributed by atoms with E-state index in [4.69, 9.17) is 21.7 Å². The number of imidazole rings is 1. The van der Waals surface area contributed by atoms with E-state index < -0.39 is 0 Å². The van der Waals surface area contributed by atoms with Gasteiger partial charge in [-0.05, 0) is 24.4 Å². The number of hydrogen-bond acceptors (Lipinski definition) is 3. The summed E-state index contributed by atoms with van der Waals surface area (Å²) in [5, 5.41) is 0. The SMILES string of the molecule is S=c1n(C[NH+]2CCOCC2)c2ccccc2n1C[NH+]1CCOCC1. The fourth-order valence-corrected chi connectivity index (χ4v) is 3.99. The monoisotopic (exact) mass is 350 g/mol. The zero-order valence-electron chi connectivity index (χ0n) is 14.0. The Labute approximate surface area is 147 Å². The smallest absolute Gasteiger partial charge is 0.189 e. The number of rotatable bonds is 4. The van der Waals surface area contributed by atoms with Crippen molar-refractivity contribution in [1.29, 1.82) is 0 Å². The predicted molar refractivity (Wildman–Crippen MR) is 93.8 cm³/mol. The summed E-state index contributed by atoms with van der Waals surface area (Å²) in [6.45, 7) is 9.44. The molecule has 0 radical (unpaired) electrons. The number of nitrogens with zero attached hydrogens (tertiary/aromatic N) is 2. The van der Waals surface area contributed by atoms with Gasteiger partial charge in [-0.2, -0.15) is 0 Å². The maximum atomic E-state index is 5.87. The maximum Gasteiger partial charge on any atom is 0.189 e. The van der Waals surface area contributed by atoms with Crippen LogP contribution < -0.4 is 9.80 Å². The Kier molecular flexibility index (Phi) is 4.96. The van der Waals surface area contributed by atoms with Crippen LogP contribution in [0.15, 0.2) is 24.3 Å². The minimum Gasteiger partial charge on any atom is -0.370 e. The summed E-state index contributed by atoms with van der Waals surface area (Å²) in [7, 11) is 0. The highest BCUT2D eigenvalue weighted by atomic mass is 32.1. The molecule has 2 saturated heterocycles. The largest absolute Gasteiger partial charge is 0.370 e. The van der Waals surface area contributed by atoms with E-state index in [1.807, 2.05) is 0 Å². The number of fused-ring (bicyclic) bond motifs is 1. The van der Waals surface area contributed by atoms with Crippen molar-refractivity contribution in [3.63, 3.8) is 0 Å². The average molecular weight is 350 g/mol. The van der Waals surface area contributed by atoms with Crippen LogP contribution in [0.25, 0.3) is 11.0 Å². The van der Waals surface area contributed by atoms with Crippen LogP contribution in [0.3, 0.4) is 0 Å². The third-order valence-electron chi connectivity index (χ3n) is 5.09. The summed E-state index contributed by atoms with van der Waals surface area (Å²) >= 11 is 5.87. The molecule has 4 rings (SSSR count). The van der Waals surface area contributed by atoms with E-state index in [0.717, 1.165) is 70.7 Å². The van der Waals surface area contributed by atoms with Crippen LogP contribution in [-0.4, -0.2) is 61.7 Å². The van der Waals surface area contributed by atoms with Gasteiger partial charge in [0.1, 0.15) is 26.2 Å². The Morgan fingerprint density at radius 2 is 1.21 bits per heavy atom. The Morgan fingerprint density at radius 3 is 1.62 bits per heavy atom. The fourth-order valence-electron chi connectivity index (χ4n) is 3.66. The van der Waals surface area contributed by atoms with Crippen LogP contribution in [0.2, 0.25) is 0 Å². The van der Waals surface area contributed by atoms with Crippen LogP contribution in [-0.2, 0) is 22.8 Å². The van der Waals surface area contributed by atoms with Gasteiger partial charge in [-0.3, -0.25) is 9.13 Å². The first-order valence-electron chi connectivity index (χ1n) is 8.83. The molecule has 0 aliphatic carbocycles. The fraction of sp³-hybridized carbons (Fsp3) is 0.588. The third-order valence-corrected chi connectivity index (χ3v) is 5.53. The van der Waals surface area contributed by atoms with Crippen LogP contribution in [0.5, 0.6) is 0 Å². The van der Waals surface area contributed by atoms with Gasteiger partial charge >= 0.3 is 0 Å². The molecule has 2 aromatic rings. The summed E-state index contributed by atoms with van der Waals surface area (Å²) in [4.78, 5) is 3.08. The summed E-state index contributed by atoms with van der Waals surface area (Å²) in [5.74, 6) is 0. The molecular formula is C17H26N4O2S+2. The van der Waals surface area contributed by atoms with Gasteiger partial charge in [0.25, 0.3) is 0 Å². The average Bonchev–Trinajstić information content (AvgIpc) is 2.90. The van der Waals surface area contributed by atoms with E-state index in [9.17, 15) is 0 Å². The second kappa shape index (κ2) is 7.33. The molecule has 24 heavy (non-hydrogen) atoms. The third kappa shape index (κ3) is 3.27. The Balaban J connectivity index is 1.65. The van der Waals surface area contributed by atoms with Crippen LogP contribution in [0.4, 0.5) is 0 Å². The van der Waals surface area contributed by atoms with Gasteiger partial charge in [-0.15, -0.1) is 0 Å².